The maximum atomic E-state index is 10.8. The summed E-state index contributed by atoms with van der Waals surface area (Å²) in [4.78, 5) is 2.20. The van der Waals surface area contributed by atoms with E-state index < -0.39 is 10.3 Å². The second-order valence-electron chi connectivity index (χ2n) is 4.53. The zero-order chi connectivity index (χ0) is 11.0. The van der Waals surface area contributed by atoms with Crippen LogP contribution in [0.25, 0.3) is 0 Å². The molecule has 0 unspecified atom stereocenters. The lowest BCUT2D eigenvalue weighted by Crippen LogP contribution is -2.54. The predicted molar refractivity (Wildman–Crippen MR) is 54.4 cm³/mol. The van der Waals surface area contributed by atoms with Gasteiger partial charge in [0.2, 0.25) is 0 Å². The molecule has 0 spiro atoms. The molecule has 1 fully saturated rings. The van der Waals surface area contributed by atoms with Crippen LogP contribution in [0.4, 0.5) is 0 Å². The highest BCUT2D eigenvalue weighted by molar-refractivity contribution is 7.83. The van der Waals surface area contributed by atoms with Gasteiger partial charge >= 0.3 is 10.3 Å². The summed E-state index contributed by atoms with van der Waals surface area (Å²) in [5.74, 6) is 0. The van der Waals surface area contributed by atoms with Crippen LogP contribution in [-0.4, -0.2) is 53.9 Å². The van der Waals surface area contributed by atoms with Gasteiger partial charge in [0, 0.05) is 31.7 Å². The minimum atomic E-state index is -3.99. The van der Waals surface area contributed by atoms with Gasteiger partial charge in [-0.05, 0) is 20.8 Å². The van der Waals surface area contributed by atoms with Crippen molar-refractivity contribution in [1.82, 2.24) is 9.21 Å². The first-order valence-corrected chi connectivity index (χ1v) is 6.08. The van der Waals surface area contributed by atoms with E-state index in [9.17, 15) is 8.42 Å². The summed E-state index contributed by atoms with van der Waals surface area (Å²) in [5, 5.41) is 0. The highest BCUT2D eigenvalue weighted by atomic mass is 32.2. The van der Waals surface area contributed by atoms with E-state index in [4.69, 9.17) is 4.55 Å². The molecule has 0 aliphatic carbocycles. The van der Waals surface area contributed by atoms with Crippen molar-refractivity contribution in [2.75, 3.05) is 26.2 Å². The zero-order valence-corrected chi connectivity index (χ0v) is 9.71. The zero-order valence-electron chi connectivity index (χ0n) is 8.89. The molecule has 0 amide bonds. The van der Waals surface area contributed by atoms with E-state index in [-0.39, 0.29) is 5.54 Å². The third kappa shape index (κ3) is 2.91. The Bertz CT molecular complexity index is 286. The third-order valence-electron chi connectivity index (χ3n) is 2.51. The summed E-state index contributed by atoms with van der Waals surface area (Å²) in [5.41, 5.74) is 0.0608. The lowest BCUT2D eigenvalue weighted by Gasteiger charge is -2.40. The van der Waals surface area contributed by atoms with Gasteiger partial charge < -0.3 is 0 Å². The number of rotatable bonds is 1. The lowest BCUT2D eigenvalue weighted by atomic mass is 10.1. The second kappa shape index (κ2) is 3.77. The molecule has 0 radical (unpaired) electrons. The van der Waals surface area contributed by atoms with Crippen molar-refractivity contribution in [1.29, 1.82) is 0 Å². The van der Waals surface area contributed by atoms with Crippen LogP contribution in [0.5, 0.6) is 0 Å². The highest BCUT2D eigenvalue weighted by Gasteiger charge is 2.29. The van der Waals surface area contributed by atoms with Crippen molar-refractivity contribution in [3.05, 3.63) is 0 Å². The van der Waals surface area contributed by atoms with Crippen LogP contribution in [0.2, 0.25) is 0 Å². The monoisotopic (exact) mass is 222 g/mol. The Kier molecular flexibility index (Phi) is 3.20. The average molecular weight is 222 g/mol. The van der Waals surface area contributed by atoms with Gasteiger partial charge in [0.25, 0.3) is 0 Å². The van der Waals surface area contributed by atoms with Crippen LogP contribution >= 0.6 is 0 Å². The Morgan fingerprint density at radius 3 is 1.79 bits per heavy atom. The van der Waals surface area contributed by atoms with Crippen molar-refractivity contribution in [3.63, 3.8) is 0 Å². The first-order chi connectivity index (χ1) is 6.21. The maximum Gasteiger partial charge on any atom is 0.335 e. The molecule has 84 valence electrons. The molecule has 0 aromatic heterocycles. The van der Waals surface area contributed by atoms with Gasteiger partial charge in [0.1, 0.15) is 0 Å². The Labute approximate surface area is 85.6 Å². The fourth-order valence-corrected chi connectivity index (χ4v) is 2.21. The van der Waals surface area contributed by atoms with Crippen LogP contribution in [-0.2, 0) is 10.3 Å². The molecule has 1 N–H and O–H groups in total. The number of nitrogens with zero attached hydrogens (tertiary/aromatic N) is 2. The van der Waals surface area contributed by atoms with E-state index >= 15 is 0 Å². The van der Waals surface area contributed by atoms with E-state index in [1.165, 1.54) is 0 Å². The summed E-state index contributed by atoms with van der Waals surface area (Å²) in [6.45, 7) is 8.36. The average Bonchev–Trinajstić information content (AvgIpc) is 2.01. The van der Waals surface area contributed by atoms with E-state index in [1.807, 2.05) is 0 Å². The Morgan fingerprint density at radius 2 is 1.50 bits per heavy atom. The van der Waals surface area contributed by atoms with Crippen LogP contribution in [0.1, 0.15) is 20.8 Å². The van der Waals surface area contributed by atoms with Gasteiger partial charge in [-0.15, -0.1) is 0 Å². The number of hydrogen-bond acceptors (Lipinski definition) is 3. The summed E-state index contributed by atoms with van der Waals surface area (Å²) >= 11 is 0. The Hall–Kier alpha value is -0.170. The summed E-state index contributed by atoms with van der Waals surface area (Å²) in [7, 11) is -3.99. The van der Waals surface area contributed by atoms with Gasteiger partial charge in [-0.2, -0.15) is 12.7 Å². The summed E-state index contributed by atoms with van der Waals surface area (Å²) in [6, 6.07) is 0. The predicted octanol–water partition coefficient (Wildman–Crippen LogP) is 0.205. The van der Waals surface area contributed by atoms with Gasteiger partial charge in [0.05, 0.1) is 0 Å². The minimum Gasteiger partial charge on any atom is -0.296 e. The molecule has 0 atom stereocenters. The number of piperazine rings is 1. The molecule has 1 saturated heterocycles. The SMILES string of the molecule is CC(C)(C)N1CCN(S(=O)(=O)O)CC1. The molecule has 0 bridgehead atoms. The molecule has 0 saturated carbocycles. The highest BCUT2D eigenvalue weighted by Crippen LogP contribution is 2.16. The number of hydrogen-bond donors (Lipinski definition) is 1. The Morgan fingerprint density at radius 1 is 1.07 bits per heavy atom. The third-order valence-corrected chi connectivity index (χ3v) is 3.53. The van der Waals surface area contributed by atoms with Gasteiger partial charge in [-0.1, -0.05) is 0 Å². The quantitative estimate of drug-likeness (QED) is 0.644. The van der Waals surface area contributed by atoms with Crippen molar-refractivity contribution in [3.8, 4) is 0 Å². The van der Waals surface area contributed by atoms with E-state index in [2.05, 4.69) is 25.7 Å². The smallest absolute Gasteiger partial charge is 0.296 e. The Balaban J connectivity index is 2.56. The lowest BCUT2D eigenvalue weighted by molar-refractivity contribution is 0.0890. The normalized spacial score (nSPS) is 22.6. The molecular formula is C8H18N2O3S. The molecule has 0 aromatic carbocycles. The van der Waals surface area contributed by atoms with Crippen molar-refractivity contribution < 1.29 is 13.0 Å². The van der Waals surface area contributed by atoms with Crippen LogP contribution < -0.4 is 0 Å². The van der Waals surface area contributed by atoms with Crippen LogP contribution in [0.3, 0.4) is 0 Å². The minimum absolute atomic E-state index is 0.0608. The summed E-state index contributed by atoms with van der Waals surface area (Å²) < 4.78 is 31.5. The van der Waals surface area contributed by atoms with Crippen LogP contribution in [0.15, 0.2) is 0 Å². The fourth-order valence-electron chi connectivity index (χ4n) is 1.59. The van der Waals surface area contributed by atoms with Gasteiger partial charge in [-0.3, -0.25) is 9.45 Å². The van der Waals surface area contributed by atoms with E-state index in [0.29, 0.717) is 26.2 Å². The standard InChI is InChI=1S/C8H18N2O3S/c1-8(2,3)9-4-6-10(7-5-9)14(11,12)13/h4-7H2,1-3H3,(H,11,12,13). The largest absolute Gasteiger partial charge is 0.335 e. The fraction of sp³-hybridized carbons (Fsp3) is 1.00. The van der Waals surface area contributed by atoms with Crippen molar-refractivity contribution in [2.24, 2.45) is 0 Å². The molecule has 1 aliphatic heterocycles. The molecule has 1 aliphatic rings. The molecule has 0 aromatic rings. The van der Waals surface area contributed by atoms with Crippen molar-refractivity contribution >= 4 is 10.3 Å². The van der Waals surface area contributed by atoms with E-state index in [0.717, 1.165) is 4.31 Å². The van der Waals surface area contributed by atoms with E-state index in [1.54, 1.807) is 0 Å². The maximum absolute atomic E-state index is 10.8. The van der Waals surface area contributed by atoms with Gasteiger partial charge in [-0.25, -0.2) is 0 Å². The van der Waals surface area contributed by atoms with Crippen LogP contribution in [0, 0.1) is 0 Å². The first-order valence-electron chi connectivity index (χ1n) is 4.69. The first kappa shape index (κ1) is 11.9. The molecular weight excluding hydrogens is 204 g/mol. The molecule has 1 rings (SSSR count). The molecule has 1 heterocycles. The second-order valence-corrected chi connectivity index (χ2v) is 5.95. The van der Waals surface area contributed by atoms with Crippen molar-refractivity contribution in [2.45, 2.75) is 26.3 Å². The molecule has 5 nitrogen and oxygen atoms in total. The summed E-state index contributed by atoms with van der Waals surface area (Å²) in [6.07, 6.45) is 0. The molecule has 6 heteroatoms. The topological polar surface area (TPSA) is 60.9 Å². The molecule has 14 heavy (non-hydrogen) atoms. The van der Waals surface area contributed by atoms with Gasteiger partial charge in [0.15, 0.2) is 0 Å².